The summed E-state index contributed by atoms with van der Waals surface area (Å²) in [5, 5.41) is 18.2. The lowest BCUT2D eigenvalue weighted by molar-refractivity contribution is -0.127. The van der Waals surface area contributed by atoms with Crippen LogP contribution in [0.4, 0.5) is 20.3 Å². The third kappa shape index (κ3) is 5.16. The van der Waals surface area contributed by atoms with Gasteiger partial charge in [-0.25, -0.2) is 8.78 Å². The first-order valence-corrected chi connectivity index (χ1v) is 10.5. The lowest BCUT2D eigenvalue weighted by Crippen LogP contribution is -2.27. The predicted octanol–water partition coefficient (Wildman–Crippen LogP) is 2.40. The smallest absolute Gasteiger partial charge is 0.224 e. The Morgan fingerprint density at radius 3 is 2.81 bits per heavy atom. The number of benzene rings is 1. The second-order valence-electron chi connectivity index (χ2n) is 7.54. The minimum Gasteiger partial charge on any atom is -0.369 e. The predicted molar refractivity (Wildman–Crippen MR) is 113 cm³/mol. The van der Waals surface area contributed by atoms with Crippen LogP contribution in [0.2, 0.25) is 0 Å². The van der Waals surface area contributed by atoms with Gasteiger partial charge in [0.2, 0.25) is 11.8 Å². The van der Waals surface area contributed by atoms with Gasteiger partial charge in [0.15, 0.2) is 11.5 Å². The molecule has 1 aromatic carbocycles. The number of likely N-dealkylation sites (tertiary alicyclic amines) is 1. The van der Waals surface area contributed by atoms with Crippen LogP contribution in [0, 0.1) is 11.6 Å². The summed E-state index contributed by atoms with van der Waals surface area (Å²) >= 11 is 0. The maximum Gasteiger partial charge on any atom is 0.224 e. The van der Waals surface area contributed by atoms with E-state index in [2.05, 4.69) is 25.9 Å². The standard InChI is InChI=1S/C21H23F2N7O2/c22-14-4-5-16(15(23)13-14)25-20(31)9-8-19-27-26-18-7-6-17(28-30(18)19)24-10-2-12-29-11-1-3-21(29)32/h4-7,13H,1-3,8-12H2,(H,24,28)(H,25,31). The number of aromatic nitrogens is 4. The molecule has 11 heteroatoms. The molecule has 9 nitrogen and oxygen atoms in total. The quantitative estimate of drug-likeness (QED) is 0.492. The highest BCUT2D eigenvalue weighted by molar-refractivity contribution is 5.90. The molecule has 1 aliphatic heterocycles. The highest BCUT2D eigenvalue weighted by Crippen LogP contribution is 2.16. The molecule has 2 amide bonds. The van der Waals surface area contributed by atoms with Crippen LogP contribution in [0.1, 0.15) is 31.5 Å². The summed E-state index contributed by atoms with van der Waals surface area (Å²) in [5.41, 5.74) is 0.459. The van der Waals surface area contributed by atoms with Crippen molar-refractivity contribution in [2.75, 3.05) is 30.3 Å². The van der Waals surface area contributed by atoms with E-state index < -0.39 is 17.5 Å². The fraction of sp³-hybridized carbons (Fsp3) is 0.381. The Kier molecular flexibility index (Phi) is 6.52. The average Bonchev–Trinajstić information content (AvgIpc) is 3.37. The summed E-state index contributed by atoms with van der Waals surface area (Å²) in [7, 11) is 0. The SMILES string of the molecule is O=C(CCc1nnc2ccc(NCCCN3CCCC3=O)nn12)Nc1ccc(F)cc1F. The number of hydrogen-bond donors (Lipinski definition) is 2. The molecule has 0 radical (unpaired) electrons. The Morgan fingerprint density at radius 2 is 2.03 bits per heavy atom. The van der Waals surface area contributed by atoms with Crippen LogP contribution in [-0.4, -0.2) is 56.2 Å². The first-order valence-electron chi connectivity index (χ1n) is 10.5. The number of nitrogens with zero attached hydrogens (tertiary/aromatic N) is 5. The zero-order valence-electron chi connectivity index (χ0n) is 17.4. The van der Waals surface area contributed by atoms with Gasteiger partial charge in [0.05, 0.1) is 5.69 Å². The molecular formula is C21H23F2N7O2. The van der Waals surface area contributed by atoms with Gasteiger partial charge in [-0.2, -0.15) is 4.52 Å². The Hall–Kier alpha value is -3.63. The molecule has 1 saturated heterocycles. The molecule has 168 valence electrons. The maximum absolute atomic E-state index is 13.7. The Labute approximate surface area is 182 Å². The number of fused-ring (bicyclic) bond motifs is 1. The molecule has 3 heterocycles. The number of nitrogens with one attached hydrogen (secondary N) is 2. The molecule has 0 aliphatic carbocycles. The molecule has 0 bridgehead atoms. The first kappa shape index (κ1) is 21.6. The molecule has 32 heavy (non-hydrogen) atoms. The van der Waals surface area contributed by atoms with Crippen molar-refractivity contribution in [2.24, 2.45) is 0 Å². The van der Waals surface area contributed by atoms with E-state index in [1.54, 1.807) is 16.6 Å². The van der Waals surface area contributed by atoms with Gasteiger partial charge in [-0.3, -0.25) is 9.59 Å². The number of amides is 2. The molecule has 2 aromatic heterocycles. The molecule has 1 fully saturated rings. The normalized spacial score (nSPS) is 13.7. The second-order valence-corrected chi connectivity index (χ2v) is 7.54. The van der Waals surface area contributed by atoms with Crippen molar-refractivity contribution in [3.63, 3.8) is 0 Å². The largest absolute Gasteiger partial charge is 0.369 e. The van der Waals surface area contributed by atoms with Crippen LogP contribution >= 0.6 is 0 Å². The van der Waals surface area contributed by atoms with Crippen LogP contribution in [0.5, 0.6) is 0 Å². The molecule has 0 atom stereocenters. The van der Waals surface area contributed by atoms with Crippen LogP contribution < -0.4 is 10.6 Å². The van der Waals surface area contributed by atoms with Gasteiger partial charge in [0, 0.05) is 45.0 Å². The van der Waals surface area contributed by atoms with Crippen LogP contribution in [0.15, 0.2) is 30.3 Å². The van der Waals surface area contributed by atoms with E-state index in [1.165, 1.54) is 6.07 Å². The molecular weight excluding hydrogens is 420 g/mol. The minimum atomic E-state index is -0.835. The van der Waals surface area contributed by atoms with Crippen molar-refractivity contribution in [1.82, 2.24) is 24.7 Å². The van der Waals surface area contributed by atoms with Crippen molar-refractivity contribution in [2.45, 2.75) is 32.1 Å². The number of carbonyl (C=O) groups excluding carboxylic acids is 2. The van der Waals surface area contributed by atoms with Crippen molar-refractivity contribution in [3.8, 4) is 0 Å². The molecule has 0 unspecified atom stereocenters. The van der Waals surface area contributed by atoms with Crippen LogP contribution in [0.3, 0.4) is 0 Å². The van der Waals surface area contributed by atoms with Crippen LogP contribution in [0.25, 0.3) is 5.65 Å². The monoisotopic (exact) mass is 443 g/mol. The topological polar surface area (TPSA) is 105 Å². The summed E-state index contributed by atoms with van der Waals surface area (Å²) < 4.78 is 28.2. The zero-order chi connectivity index (χ0) is 22.5. The number of carbonyl (C=O) groups is 2. The highest BCUT2D eigenvalue weighted by Gasteiger charge is 2.19. The molecule has 1 aliphatic rings. The van der Waals surface area contributed by atoms with Crippen molar-refractivity contribution >= 4 is 29.0 Å². The molecule has 0 spiro atoms. The fourth-order valence-corrected chi connectivity index (χ4v) is 3.54. The van der Waals surface area contributed by atoms with E-state index in [0.29, 0.717) is 36.3 Å². The van der Waals surface area contributed by atoms with Crippen LogP contribution in [-0.2, 0) is 16.0 Å². The number of anilines is 2. The third-order valence-electron chi connectivity index (χ3n) is 5.19. The summed E-state index contributed by atoms with van der Waals surface area (Å²) in [4.78, 5) is 25.7. The number of halogens is 2. The minimum absolute atomic E-state index is 0.0286. The second kappa shape index (κ2) is 9.67. The molecule has 2 N–H and O–H groups in total. The van der Waals surface area contributed by atoms with Gasteiger partial charge in [-0.05, 0) is 37.1 Å². The van der Waals surface area contributed by atoms with E-state index in [9.17, 15) is 18.4 Å². The Balaban J connectivity index is 1.31. The molecule has 0 saturated carbocycles. The molecule has 4 rings (SSSR count). The number of aryl methyl sites for hydroxylation is 1. The zero-order valence-corrected chi connectivity index (χ0v) is 17.4. The summed E-state index contributed by atoms with van der Waals surface area (Å²) in [6.45, 7) is 2.20. The van der Waals surface area contributed by atoms with Crippen molar-refractivity contribution in [1.29, 1.82) is 0 Å². The number of hydrogen-bond acceptors (Lipinski definition) is 6. The van der Waals surface area contributed by atoms with E-state index >= 15 is 0 Å². The average molecular weight is 443 g/mol. The Bertz CT molecular complexity index is 1130. The van der Waals surface area contributed by atoms with E-state index in [-0.39, 0.29) is 24.4 Å². The highest BCUT2D eigenvalue weighted by atomic mass is 19.1. The van der Waals surface area contributed by atoms with E-state index in [0.717, 1.165) is 32.0 Å². The lowest BCUT2D eigenvalue weighted by Gasteiger charge is -2.15. The lowest BCUT2D eigenvalue weighted by atomic mass is 10.2. The van der Waals surface area contributed by atoms with Gasteiger partial charge < -0.3 is 15.5 Å². The summed E-state index contributed by atoms with van der Waals surface area (Å²) in [5.74, 6) is -0.652. The third-order valence-corrected chi connectivity index (χ3v) is 5.19. The Morgan fingerprint density at radius 1 is 1.16 bits per heavy atom. The number of rotatable bonds is 9. The maximum atomic E-state index is 13.7. The van der Waals surface area contributed by atoms with E-state index in [1.807, 2.05) is 4.90 Å². The van der Waals surface area contributed by atoms with Gasteiger partial charge >= 0.3 is 0 Å². The summed E-state index contributed by atoms with van der Waals surface area (Å²) in [6, 6.07) is 6.52. The van der Waals surface area contributed by atoms with Crippen molar-refractivity contribution in [3.05, 3.63) is 47.8 Å². The van der Waals surface area contributed by atoms with Gasteiger partial charge in [0.1, 0.15) is 17.5 Å². The first-order chi connectivity index (χ1) is 15.5. The van der Waals surface area contributed by atoms with Gasteiger partial charge in [-0.1, -0.05) is 0 Å². The van der Waals surface area contributed by atoms with Gasteiger partial charge in [0.25, 0.3) is 0 Å². The van der Waals surface area contributed by atoms with Gasteiger partial charge in [-0.15, -0.1) is 15.3 Å². The summed E-state index contributed by atoms with van der Waals surface area (Å²) in [6.07, 6.45) is 2.64. The fourth-order valence-electron chi connectivity index (χ4n) is 3.54. The van der Waals surface area contributed by atoms with Crippen molar-refractivity contribution < 1.29 is 18.4 Å². The molecule has 3 aromatic rings. The van der Waals surface area contributed by atoms with E-state index in [4.69, 9.17) is 0 Å².